The number of aromatic amines is 1. The summed E-state index contributed by atoms with van der Waals surface area (Å²) in [5.41, 5.74) is 2.86. The molecule has 54 valence electrons. The first-order chi connectivity index (χ1) is 4.86. The second-order valence-electron chi connectivity index (χ2n) is 2.70. The Hall–Kier alpha value is -0.330. The smallest absolute Gasteiger partial charge is 0.0421 e. The molecule has 2 heterocycles. The first-order valence-corrected chi connectivity index (χ1v) is 4.02. The van der Waals surface area contributed by atoms with E-state index in [9.17, 15) is 0 Å². The summed E-state index contributed by atoms with van der Waals surface area (Å²) in [6.07, 6.45) is 3.21. The Labute approximate surface area is 62.9 Å². The minimum absolute atomic E-state index is 1.05. The van der Waals surface area contributed by atoms with Gasteiger partial charge in [0.25, 0.3) is 0 Å². The second-order valence-corrected chi connectivity index (χ2v) is 3.43. The van der Waals surface area contributed by atoms with E-state index < -0.39 is 0 Å². The highest BCUT2D eigenvalue weighted by Gasteiger charge is 2.12. The van der Waals surface area contributed by atoms with Crippen molar-refractivity contribution in [2.24, 2.45) is 0 Å². The summed E-state index contributed by atoms with van der Waals surface area (Å²) in [6, 6.07) is 2.17. The van der Waals surface area contributed by atoms with Gasteiger partial charge in [0.05, 0.1) is 0 Å². The van der Waals surface area contributed by atoms with Gasteiger partial charge in [0.2, 0.25) is 0 Å². The Bertz CT molecular complexity index is 231. The molecule has 1 aromatic heterocycles. The molecule has 0 amide bonds. The first-order valence-electron chi connectivity index (χ1n) is 3.51. The highest BCUT2D eigenvalue weighted by molar-refractivity contribution is 7.13. The molecule has 2 rings (SSSR count). The predicted octanol–water partition coefficient (Wildman–Crippen LogP) is 1.16. The number of aromatic nitrogens is 1. The van der Waals surface area contributed by atoms with E-state index in [0.717, 1.165) is 13.1 Å². The highest BCUT2D eigenvalue weighted by atomic mass is 31.0. The zero-order valence-corrected chi connectivity index (χ0v) is 6.96. The van der Waals surface area contributed by atoms with Crippen LogP contribution in [0.1, 0.15) is 11.3 Å². The molecule has 1 atom stereocenters. The van der Waals surface area contributed by atoms with Gasteiger partial charge < -0.3 is 4.98 Å². The first kappa shape index (κ1) is 6.38. The van der Waals surface area contributed by atoms with Crippen LogP contribution in [0.25, 0.3) is 0 Å². The van der Waals surface area contributed by atoms with Gasteiger partial charge >= 0.3 is 0 Å². The van der Waals surface area contributed by atoms with Crippen molar-refractivity contribution in [1.82, 2.24) is 9.65 Å². The van der Waals surface area contributed by atoms with Crippen molar-refractivity contribution in [3.63, 3.8) is 0 Å². The van der Waals surface area contributed by atoms with E-state index in [1.807, 2.05) is 6.20 Å². The number of H-pyrrole nitrogens is 1. The quantitative estimate of drug-likeness (QED) is 0.555. The number of fused-ring (bicyclic) bond motifs is 1. The van der Waals surface area contributed by atoms with E-state index in [1.54, 1.807) is 0 Å². The zero-order valence-electron chi connectivity index (χ0n) is 5.80. The van der Waals surface area contributed by atoms with Crippen LogP contribution in [0.4, 0.5) is 0 Å². The lowest BCUT2D eigenvalue weighted by Gasteiger charge is -2.21. The fraction of sp³-hybridized carbons (Fsp3) is 0.429. The standard InChI is InChI=1S/C7H11N2P/c10-9-4-2-6-1-3-8-7(6)5-9/h1,3,8H,2,4-5,10H2. The molecule has 2 nitrogen and oxygen atoms in total. The topological polar surface area (TPSA) is 19.0 Å². The van der Waals surface area contributed by atoms with Crippen LogP contribution in [-0.2, 0) is 13.0 Å². The maximum Gasteiger partial charge on any atom is 0.0421 e. The third kappa shape index (κ3) is 0.979. The van der Waals surface area contributed by atoms with E-state index in [2.05, 4.69) is 25.1 Å². The molecule has 0 bridgehead atoms. The largest absolute Gasteiger partial charge is 0.364 e. The normalized spacial score (nSPS) is 18.9. The van der Waals surface area contributed by atoms with Gasteiger partial charge in [-0.15, -0.1) is 0 Å². The molecule has 0 fully saturated rings. The van der Waals surface area contributed by atoms with Gasteiger partial charge in [-0.1, -0.05) is 9.39 Å². The third-order valence-electron chi connectivity index (χ3n) is 1.96. The monoisotopic (exact) mass is 154 g/mol. The predicted molar refractivity (Wildman–Crippen MR) is 44.6 cm³/mol. The second kappa shape index (κ2) is 2.37. The molecule has 10 heavy (non-hydrogen) atoms. The Balaban J connectivity index is 2.30. The minimum atomic E-state index is 1.05. The molecule has 1 aliphatic heterocycles. The minimum Gasteiger partial charge on any atom is -0.364 e. The lowest BCUT2D eigenvalue weighted by Crippen LogP contribution is -2.20. The summed E-state index contributed by atoms with van der Waals surface area (Å²) >= 11 is 0. The molecule has 0 spiro atoms. The van der Waals surface area contributed by atoms with Crippen molar-refractivity contribution in [3.05, 3.63) is 23.5 Å². The Morgan fingerprint density at radius 2 is 2.50 bits per heavy atom. The van der Waals surface area contributed by atoms with Crippen molar-refractivity contribution >= 4 is 9.39 Å². The average molecular weight is 154 g/mol. The number of hydrogen-bond acceptors (Lipinski definition) is 1. The number of hydrogen-bond donors (Lipinski definition) is 1. The molecule has 1 aromatic rings. The van der Waals surface area contributed by atoms with Crippen LogP contribution in [0.2, 0.25) is 0 Å². The van der Waals surface area contributed by atoms with Crippen LogP contribution in [0.15, 0.2) is 12.3 Å². The van der Waals surface area contributed by atoms with Crippen molar-refractivity contribution < 1.29 is 0 Å². The maximum absolute atomic E-state index is 3.23. The van der Waals surface area contributed by atoms with Crippen LogP contribution in [0, 0.1) is 0 Å². The number of nitrogens with one attached hydrogen (secondary N) is 1. The molecule has 0 saturated carbocycles. The van der Waals surface area contributed by atoms with Crippen LogP contribution < -0.4 is 0 Å². The lowest BCUT2D eigenvalue weighted by atomic mass is 10.1. The zero-order chi connectivity index (χ0) is 6.97. The molecule has 0 saturated heterocycles. The van der Waals surface area contributed by atoms with Gasteiger partial charge in [-0.25, -0.2) is 0 Å². The van der Waals surface area contributed by atoms with E-state index >= 15 is 0 Å². The molecular formula is C7H11N2P. The average Bonchev–Trinajstić information content (AvgIpc) is 2.33. The van der Waals surface area contributed by atoms with Gasteiger partial charge in [0, 0.05) is 25.0 Å². The number of nitrogens with zero attached hydrogens (tertiary/aromatic N) is 1. The SMILES string of the molecule is PN1CCc2cc[nH]c2C1. The van der Waals surface area contributed by atoms with Crippen molar-refractivity contribution in [1.29, 1.82) is 0 Å². The maximum atomic E-state index is 3.23. The van der Waals surface area contributed by atoms with Crippen LogP contribution in [-0.4, -0.2) is 16.2 Å². The fourth-order valence-corrected chi connectivity index (χ4v) is 1.68. The van der Waals surface area contributed by atoms with Crippen LogP contribution in [0.5, 0.6) is 0 Å². The molecule has 0 aromatic carbocycles. The molecular weight excluding hydrogens is 143 g/mol. The van der Waals surface area contributed by atoms with Gasteiger partial charge in [-0.3, -0.25) is 4.67 Å². The Morgan fingerprint density at radius 3 is 3.40 bits per heavy atom. The van der Waals surface area contributed by atoms with Gasteiger partial charge in [0.15, 0.2) is 0 Å². The van der Waals surface area contributed by atoms with Crippen molar-refractivity contribution in [2.75, 3.05) is 6.54 Å². The molecule has 3 heteroatoms. The molecule has 0 aliphatic carbocycles. The van der Waals surface area contributed by atoms with E-state index in [4.69, 9.17) is 0 Å². The molecule has 0 radical (unpaired) electrons. The summed E-state index contributed by atoms with van der Waals surface area (Å²) < 4.78 is 2.25. The third-order valence-corrected chi connectivity index (χ3v) is 2.40. The fourth-order valence-electron chi connectivity index (χ4n) is 1.36. The molecule has 1 unspecified atom stereocenters. The van der Waals surface area contributed by atoms with E-state index in [1.165, 1.54) is 17.7 Å². The summed E-state index contributed by atoms with van der Waals surface area (Å²) in [6.45, 7) is 2.21. The van der Waals surface area contributed by atoms with Gasteiger partial charge in [-0.2, -0.15) is 0 Å². The van der Waals surface area contributed by atoms with Crippen molar-refractivity contribution in [2.45, 2.75) is 13.0 Å². The van der Waals surface area contributed by atoms with Crippen LogP contribution in [0.3, 0.4) is 0 Å². The van der Waals surface area contributed by atoms with E-state index in [-0.39, 0.29) is 0 Å². The lowest BCUT2D eigenvalue weighted by molar-refractivity contribution is 0.438. The Morgan fingerprint density at radius 1 is 1.60 bits per heavy atom. The van der Waals surface area contributed by atoms with Crippen molar-refractivity contribution in [3.8, 4) is 0 Å². The Kier molecular flexibility index (Phi) is 1.51. The van der Waals surface area contributed by atoms with Gasteiger partial charge in [0.1, 0.15) is 0 Å². The summed E-state index contributed by atoms with van der Waals surface area (Å²) in [5.74, 6) is 0. The summed E-state index contributed by atoms with van der Waals surface area (Å²) in [7, 11) is 2.73. The van der Waals surface area contributed by atoms with Crippen LogP contribution >= 0.6 is 9.39 Å². The molecule has 1 N–H and O–H groups in total. The summed E-state index contributed by atoms with van der Waals surface area (Å²) in [4.78, 5) is 3.23. The highest BCUT2D eigenvalue weighted by Crippen LogP contribution is 2.18. The van der Waals surface area contributed by atoms with E-state index in [0.29, 0.717) is 0 Å². The number of rotatable bonds is 0. The van der Waals surface area contributed by atoms with Gasteiger partial charge in [-0.05, 0) is 18.1 Å². The summed E-state index contributed by atoms with van der Waals surface area (Å²) in [5, 5.41) is 0. The molecule has 1 aliphatic rings.